The van der Waals surface area contributed by atoms with Crippen LogP contribution in [0, 0.1) is 0 Å². The molecule has 0 atom stereocenters. The van der Waals surface area contributed by atoms with Gasteiger partial charge in [-0.05, 0) is 28.1 Å². The molecular formula is C6H3BrF3NO. The minimum absolute atomic E-state index is 0.328. The highest BCUT2D eigenvalue weighted by Gasteiger charge is 2.31. The van der Waals surface area contributed by atoms with Gasteiger partial charge in [0.1, 0.15) is 10.4 Å². The van der Waals surface area contributed by atoms with Crippen molar-refractivity contribution < 1.29 is 17.9 Å². The van der Waals surface area contributed by atoms with E-state index in [1.54, 1.807) is 0 Å². The first-order chi connectivity index (χ1) is 5.47. The van der Waals surface area contributed by atoms with Crippen molar-refractivity contribution in [2.75, 3.05) is 0 Å². The third-order valence-electron chi connectivity index (χ3n) is 0.934. The van der Waals surface area contributed by atoms with E-state index in [2.05, 4.69) is 25.7 Å². The summed E-state index contributed by atoms with van der Waals surface area (Å²) in [7, 11) is 0. The highest BCUT2D eigenvalue weighted by molar-refractivity contribution is 9.10. The van der Waals surface area contributed by atoms with Crippen LogP contribution in [0.3, 0.4) is 0 Å². The van der Waals surface area contributed by atoms with Gasteiger partial charge in [-0.2, -0.15) is 0 Å². The number of alkyl halides is 3. The fraction of sp³-hybridized carbons (Fsp3) is 0.167. The molecule has 12 heavy (non-hydrogen) atoms. The minimum Gasteiger partial charge on any atom is -0.404 e. The van der Waals surface area contributed by atoms with Gasteiger partial charge in [0.2, 0.25) is 0 Å². The molecule has 1 rings (SSSR count). The molecule has 6 heteroatoms. The van der Waals surface area contributed by atoms with Crippen molar-refractivity contribution in [3.05, 3.63) is 22.9 Å². The first-order valence-electron chi connectivity index (χ1n) is 2.85. The predicted octanol–water partition coefficient (Wildman–Crippen LogP) is 2.74. The van der Waals surface area contributed by atoms with Gasteiger partial charge in [0.25, 0.3) is 0 Å². The first-order valence-corrected chi connectivity index (χ1v) is 3.64. The van der Waals surface area contributed by atoms with Gasteiger partial charge < -0.3 is 4.74 Å². The van der Waals surface area contributed by atoms with Crippen molar-refractivity contribution in [2.24, 2.45) is 0 Å². The maximum absolute atomic E-state index is 11.6. The summed E-state index contributed by atoms with van der Waals surface area (Å²) in [6.45, 7) is 0. The van der Waals surface area contributed by atoms with Gasteiger partial charge in [0, 0.05) is 0 Å². The zero-order valence-corrected chi connectivity index (χ0v) is 7.19. The second-order valence-electron chi connectivity index (χ2n) is 1.86. The molecule has 0 unspecified atom stereocenters. The third kappa shape index (κ3) is 3.08. The molecule has 1 aromatic rings. The molecule has 0 spiro atoms. The Hall–Kier alpha value is -0.780. The van der Waals surface area contributed by atoms with Gasteiger partial charge in [-0.25, -0.2) is 4.98 Å². The topological polar surface area (TPSA) is 22.1 Å². The number of hydrogen-bond donors (Lipinski definition) is 0. The van der Waals surface area contributed by atoms with Crippen LogP contribution in [0.1, 0.15) is 0 Å². The van der Waals surface area contributed by atoms with Crippen LogP contribution in [-0.4, -0.2) is 11.3 Å². The van der Waals surface area contributed by atoms with Crippen LogP contribution >= 0.6 is 15.9 Å². The summed E-state index contributed by atoms with van der Waals surface area (Å²) in [4.78, 5) is 3.55. The molecule has 0 radical (unpaired) electrons. The summed E-state index contributed by atoms with van der Waals surface area (Å²) < 4.78 is 38.8. The second-order valence-corrected chi connectivity index (χ2v) is 2.68. The molecule has 0 aliphatic rings. The molecule has 0 fully saturated rings. The molecular weight excluding hydrogens is 239 g/mol. The molecule has 0 aliphatic heterocycles. The number of hydrogen-bond acceptors (Lipinski definition) is 2. The lowest BCUT2D eigenvalue weighted by molar-refractivity contribution is -0.274. The summed E-state index contributed by atoms with van der Waals surface area (Å²) in [6.07, 6.45) is -3.67. The Morgan fingerprint density at radius 1 is 1.33 bits per heavy atom. The molecule has 0 aromatic carbocycles. The summed E-state index contributed by atoms with van der Waals surface area (Å²) in [5, 5.41) is 0. The van der Waals surface area contributed by atoms with E-state index in [1.165, 1.54) is 12.1 Å². The van der Waals surface area contributed by atoms with E-state index in [9.17, 15) is 13.2 Å². The molecule has 0 amide bonds. The fourth-order valence-electron chi connectivity index (χ4n) is 0.556. The fourth-order valence-corrected chi connectivity index (χ4v) is 0.791. The molecule has 0 bridgehead atoms. The monoisotopic (exact) mass is 241 g/mol. The van der Waals surface area contributed by atoms with E-state index in [0.717, 1.165) is 6.20 Å². The molecule has 0 N–H and O–H groups in total. The Morgan fingerprint density at radius 3 is 2.42 bits per heavy atom. The Balaban J connectivity index is 2.71. The Morgan fingerprint density at radius 2 is 2.00 bits per heavy atom. The summed E-state index contributed by atoms with van der Waals surface area (Å²) in [5.74, 6) is -0.328. The second kappa shape index (κ2) is 3.30. The first kappa shape index (κ1) is 9.31. The van der Waals surface area contributed by atoms with Gasteiger partial charge in [-0.1, -0.05) is 0 Å². The van der Waals surface area contributed by atoms with Crippen molar-refractivity contribution in [1.82, 2.24) is 4.98 Å². The van der Waals surface area contributed by atoms with Crippen molar-refractivity contribution >= 4 is 15.9 Å². The van der Waals surface area contributed by atoms with E-state index < -0.39 is 6.36 Å². The number of rotatable bonds is 1. The number of ether oxygens (including phenoxy) is 1. The number of pyridine rings is 1. The van der Waals surface area contributed by atoms with Crippen LogP contribution in [0.4, 0.5) is 13.2 Å². The number of aromatic nitrogens is 1. The highest BCUT2D eigenvalue weighted by Crippen LogP contribution is 2.22. The molecule has 0 saturated heterocycles. The average Bonchev–Trinajstić information content (AvgIpc) is 1.91. The summed E-state index contributed by atoms with van der Waals surface area (Å²) in [5.41, 5.74) is 0. The lowest BCUT2D eigenvalue weighted by Gasteiger charge is -2.07. The summed E-state index contributed by atoms with van der Waals surface area (Å²) in [6, 6.07) is 2.53. The average molecular weight is 242 g/mol. The summed E-state index contributed by atoms with van der Waals surface area (Å²) >= 11 is 2.98. The van der Waals surface area contributed by atoms with Crippen LogP contribution < -0.4 is 4.74 Å². The van der Waals surface area contributed by atoms with E-state index in [-0.39, 0.29) is 5.75 Å². The van der Waals surface area contributed by atoms with Crippen LogP contribution in [0.25, 0.3) is 0 Å². The molecule has 0 aliphatic carbocycles. The molecule has 0 saturated carbocycles. The predicted molar refractivity (Wildman–Crippen MR) is 38.6 cm³/mol. The van der Waals surface area contributed by atoms with Crippen LogP contribution in [-0.2, 0) is 0 Å². The Kier molecular flexibility index (Phi) is 2.56. The van der Waals surface area contributed by atoms with E-state index in [0.29, 0.717) is 4.60 Å². The van der Waals surface area contributed by atoms with Gasteiger partial charge in [-0.3, -0.25) is 0 Å². The highest BCUT2D eigenvalue weighted by atomic mass is 79.9. The van der Waals surface area contributed by atoms with Crippen molar-refractivity contribution in [3.8, 4) is 5.75 Å². The molecule has 2 nitrogen and oxygen atoms in total. The lowest BCUT2D eigenvalue weighted by atomic mass is 10.5. The van der Waals surface area contributed by atoms with Gasteiger partial charge in [0.05, 0.1) is 6.20 Å². The smallest absolute Gasteiger partial charge is 0.404 e. The van der Waals surface area contributed by atoms with E-state index in [1.807, 2.05) is 0 Å². The van der Waals surface area contributed by atoms with Crippen molar-refractivity contribution in [3.63, 3.8) is 0 Å². The quantitative estimate of drug-likeness (QED) is 0.706. The SMILES string of the molecule is FC(F)(F)Oc1ccc(Br)nc1. The number of nitrogens with zero attached hydrogens (tertiary/aromatic N) is 1. The zero-order chi connectivity index (χ0) is 9.19. The third-order valence-corrected chi connectivity index (χ3v) is 1.40. The van der Waals surface area contributed by atoms with Crippen LogP contribution in [0.15, 0.2) is 22.9 Å². The molecule has 66 valence electrons. The van der Waals surface area contributed by atoms with Crippen molar-refractivity contribution in [2.45, 2.75) is 6.36 Å². The minimum atomic E-state index is -4.66. The molecule has 1 heterocycles. The lowest BCUT2D eigenvalue weighted by Crippen LogP contribution is -2.17. The number of halogens is 4. The Labute approximate surface area is 74.5 Å². The van der Waals surface area contributed by atoms with Gasteiger partial charge in [0.15, 0.2) is 0 Å². The van der Waals surface area contributed by atoms with E-state index in [4.69, 9.17) is 0 Å². The van der Waals surface area contributed by atoms with Crippen molar-refractivity contribution in [1.29, 1.82) is 0 Å². The normalized spacial score (nSPS) is 11.3. The van der Waals surface area contributed by atoms with Gasteiger partial charge >= 0.3 is 6.36 Å². The van der Waals surface area contributed by atoms with Gasteiger partial charge in [-0.15, -0.1) is 13.2 Å². The zero-order valence-electron chi connectivity index (χ0n) is 5.60. The van der Waals surface area contributed by atoms with Crippen LogP contribution in [0.2, 0.25) is 0 Å². The standard InChI is InChI=1S/C6H3BrF3NO/c7-5-2-1-4(3-11-5)12-6(8,9)10/h1-3H. The van der Waals surface area contributed by atoms with E-state index >= 15 is 0 Å². The largest absolute Gasteiger partial charge is 0.573 e. The van der Waals surface area contributed by atoms with Crippen LogP contribution in [0.5, 0.6) is 5.75 Å². The Bertz CT molecular complexity index is 258. The maximum Gasteiger partial charge on any atom is 0.573 e. The maximum atomic E-state index is 11.6. The molecule has 1 aromatic heterocycles.